The molecule has 1 aliphatic heterocycles. The van der Waals surface area contributed by atoms with E-state index in [0.29, 0.717) is 16.8 Å². The zero-order valence-corrected chi connectivity index (χ0v) is 21.3. The maximum atomic E-state index is 16.2. The van der Waals surface area contributed by atoms with Gasteiger partial charge in [-0.15, -0.1) is 0 Å². The normalized spacial score (nSPS) is 16.6. The van der Waals surface area contributed by atoms with Crippen molar-refractivity contribution in [2.45, 2.75) is 45.1 Å². The van der Waals surface area contributed by atoms with Gasteiger partial charge in [-0.25, -0.2) is 14.4 Å². The van der Waals surface area contributed by atoms with E-state index in [2.05, 4.69) is 9.97 Å². The van der Waals surface area contributed by atoms with E-state index < -0.39 is 35.9 Å². The maximum Gasteiger partial charge on any atom is 0.497 e. The Morgan fingerprint density at radius 1 is 0.711 bits per heavy atom. The van der Waals surface area contributed by atoms with Crippen LogP contribution in [0, 0.1) is 5.82 Å². The SMILES string of the molecule is CC1(C)OB(c2cc(C(F)(F)F)cc(-c3cc(-c4ccccc4)nc(-c4ccccc4)n3)c2F)OC1(C)C. The minimum atomic E-state index is -4.74. The van der Waals surface area contributed by atoms with Gasteiger partial charge in [0.15, 0.2) is 5.82 Å². The van der Waals surface area contributed by atoms with Crippen LogP contribution in [0.2, 0.25) is 0 Å². The van der Waals surface area contributed by atoms with Gasteiger partial charge in [0.05, 0.1) is 28.2 Å². The molecule has 4 aromatic rings. The van der Waals surface area contributed by atoms with Crippen molar-refractivity contribution in [2.75, 3.05) is 0 Å². The molecule has 3 aromatic carbocycles. The number of alkyl halides is 3. The lowest BCUT2D eigenvalue weighted by atomic mass is 9.76. The van der Waals surface area contributed by atoms with Gasteiger partial charge in [-0.05, 0) is 45.9 Å². The van der Waals surface area contributed by atoms with Crippen molar-refractivity contribution < 1.29 is 26.9 Å². The summed E-state index contributed by atoms with van der Waals surface area (Å²) >= 11 is 0. The van der Waals surface area contributed by atoms with Crippen molar-refractivity contribution in [3.05, 3.63) is 90.2 Å². The summed E-state index contributed by atoms with van der Waals surface area (Å²) in [4.78, 5) is 9.14. The molecule has 0 N–H and O–H groups in total. The van der Waals surface area contributed by atoms with Gasteiger partial charge in [0.1, 0.15) is 5.82 Å². The quantitative estimate of drug-likeness (QED) is 0.216. The van der Waals surface area contributed by atoms with Gasteiger partial charge in [0.25, 0.3) is 0 Å². The molecule has 4 nitrogen and oxygen atoms in total. The third-order valence-electron chi connectivity index (χ3n) is 7.04. The van der Waals surface area contributed by atoms with Crippen LogP contribution < -0.4 is 5.46 Å². The summed E-state index contributed by atoms with van der Waals surface area (Å²) in [5.41, 5.74) is -1.60. The first-order chi connectivity index (χ1) is 17.9. The van der Waals surface area contributed by atoms with Crippen molar-refractivity contribution in [3.8, 4) is 33.9 Å². The number of hydrogen-bond acceptors (Lipinski definition) is 4. The molecule has 0 spiro atoms. The van der Waals surface area contributed by atoms with E-state index in [-0.39, 0.29) is 22.5 Å². The van der Waals surface area contributed by atoms with Crippen LogP contribution in [0.5, 0.6) is 0 Å². The Hall–Kier alpha value is -3.56. The van der Waals surface area contributed by atoms with Crippen molar-refractivity contribution in [1.29, 1.82) is 0 Å². The number of nitrogens with zero attached hydrogens (tertiary/aromatic N) is 2. The van der Waals surface area contributed by atoms with Gasteiger partial charge in [0, 0.05) is 22.2 Å². The second-order valence-electron chi connectivity index (χ2n) is 10.2. The third-order valence-corrected chi connectivity index (χ3v) is 7.04. The lowest BCUT2D eigenvalue weighted by molar-refractivity contribution is -0.137. The summed E-state index contributed by atoms with van der Waals surface area (Å²) in [6.45, 7) is 7.01. The highest BCUT2D eigenvalue weighted by atomic mass is 19.4. The predicted octanol–water partition coefficient (Wildman–Crippen LogP) is 6.93. The molecule has 0 aliphatic carbocycles. The number of aromatic nitrogens is 2. The molecule has 2 heterocycles. The Bertz CT molecular complexity index is 1400. The number of halogens is 4. The van der Waals surface area contributed by atoms with Crippen LogP contribution in [0.1, 0.15) is 33.3 Å². The van der Waals surface area contributed by atoms with Crippen molar-refractivity contribution >= 4 is 12.6 Å². The minimum absolute atomic E-state index is 0.0130. The zero-order chi connectivity index (χ0) is 27.3. The van der Waals surface area contributed by atoms with E-state index >= 15 is 4.39 Å². The van der Waals surface area contributed by atoms with Crippen molar-refractivity contribution in [1.82, 2.24) is 9.97 Å². The van der Waals surface area contributed by atoms with Gasteiger partial charge < -0.3 is 9.31 Å². The zero-order valence-electron chi connectivity index (χ0n) is 21.3. The molecule has 1 fully saturated rings. The molecule has 0 atom stereocenters. The van der Waals surface area contributed by atoms with Gasteiger partial charge in [-0.2, -0.15) is 13.2 Å². The lowest BCUT2D eigenvalue weighted by Gasteiger charge is -2.32. The van der Waals surface area contributed by atoms with Crippen molar-refractivity contribution in [3.63, 3.8) is 0 Å². The highest BCUT2D eigenvalue weighted by Crippen LogP contribution is 2.39. The molecule has 0 radical (unpaired) electrons. The Morgan fingerprint density at radius 2 is 1.24 bits per heavy atom. The van der Waals surface area contributed by atoms with Crippen molar-refractivity contribution in [2.24, 2.45) is 0 Å². The first-order valence-electron chi connectivity index (χ1n) is 12.1. The lowest BCUT2D eigenvalue weighted by Crippen LogP contribution is -2.41. The summed E-state index contributed by atoms with van der Waals surface area (Å²) in [7, 11) is -1.33. The molecule has 194 valence electrons. The van der Waals surface area contributed by atoms with E-state index in [0.717, 1.165) is 12.1 Å². The molecule has 0 saturated carbocycles. The van der Waals surface area contributed by atoms with Crippen LogP contribution in [0.3, 0.4) is 0 Å². The molecule has 38 heavy (non-hydrogen) atoms. The van der Waals surface area contributed by atoms with Crippen LogP contribution >= 0.6 is 0 Å². The fourth-order valence-corrected chi connectivity index (χ4v) is 4.20. The highest BCUT2D eigenvalue weighted by molar-refractivity contribution is 6.62. The standard InChI is InChI=1S/C29H25BF4N2O2/c1-27(2)28(3,4)38-30(37-27)22-16-20(29(32,33)34)15-21(25(22)31)24-17-23(18-11-7-5-8-12-18)35-26(36-24)19-13-9-6-10-14-19/h5-17H,1-4H3. The number of benzene rings is 3. The Kier molecular flexibility index (Phi) is 6.40. The van der Waals surface area contributed by atoms with Gasteiger partial charge in [-0.1, -0.05) is 60.7 Å². The molecule has 1 aliphatic rings. The molecule has 0 amide bonds. The molecule has 9 heteroatoms. The summed E-state index contributed by atoms with van der Waals surface area (Å²) in [6.07, 6.45) is -4.74. The summed E-state index contributed by atoms with van der Waals surface area (Å²) in [5.74, 6) is -0.635. The maximum absolute atomic E-state index is 16.2. The smallest absolute Gasteiger partial charge is 0.399 e. The molecule has 0 unspecified atom stereocenters. The molecule has 1 aromatic heterocycles. The topological polar surface area (TPSA) is 44.2 Å². The molecular formula is C29H25BF4N2O2. The molecule has 0 bridgehead atoms. The average Bonchev–Trinajstić information content (AvgIpc) is 3.10. The van der Waals surface area contributed by atoms with Crippen LogP contribution in [-0.2, 0) is 15.5 Å². The second kappa shape index (κ2) is 9.33. The van der Waals surface area contributed by atoms with Crippen LogP contribution in [0.25, 0.3) is 33.9 Å². The second-order valence-corrected chi connectivity index (χ2v) is 10.2. The highest BCUT2D eigenvalue weighted by Gasteiger charge is 2.53. The van der Waals surface area contributed by atoms with Gasteiger partial charge in [-0.3, -0.25) is 0 Å². The summed E-state index contributed by atoms with van der Waals surface area (Å²) < 4.78 is 70.1. The van der Waals surface area contributed by atoms with Crippen LogP contribution in [0.15, 0.2) is 78.9 Å². The Labute approximate surface area is 218 Å². The van der Waals surface area contributed by atoms with Crippen LogP contribution in [0.4, 0.5) is 17.6 Å². The fourth-order valence-electron chi connectivity index (χ4n) is 4.20. The molecular weight excluding hydrogens is 495 g/mol. The van der Waals surface area contributed by atoms with Gasteiger partial charge >= 0.3 is 13.3 Å². The number of hydrogen-bond donors (Lipinski definition) is 0. The summed E-state index contributed by atoms with van der Waals surface area (Å²) in [6, 6.07) is 21.1. The van der Waals surface area contributed by atoms with E-state index in [1.807, 2.05) is 36.4 Å². The van der Waals surface area contributed by atoms with E-state index in [9.17, 15) is 13.2 Å². The predicted molar refractivity (Wildman–Crippen MR) is 139 cm³/mol. The van der Waals surface area contributed by atoms with Crippen LogP contribution in [-0.4, -0.2) is 28.3 Å². The fraction of sp³-hybridized carbons (Fsp3) is 0.241. The Morgan fingerprint density at radius 3 is 1.79 bits per heavy atom. The number of rotatable bonds is 4. The Balaban J connectivity index is 1.74. The monoisotopic (exact) mass is 520 g/mol. The summed E-state index contributed by atoms with van der Waals surface area (Å²) in [5, 5.41) is 0. The largest absolute Gasteiger partial charge is 0.497 e. The first-order valence-corrected chi connectivity index (χ1v) is 12.1. The molecule has 5 rings (SSSR count). The average molecular weight is 520 g/mol. The minimum Gasteiger partial charge on any atom is -0.399 e. The van der Waals surface area contributed by atoms with E-state index in [1.54, 1.807) is 52.0 Å². The molecule has 1 saturated heterocycles. The van der Waals surface area contributed by atoms with E-state index in [1.165, 1.54) is 6.07 Å². The first kappa shape index (κ1) is 26.1. The van der Waals surface area contributed by atoms with E-state index in [4.69, 9.17) is 9.31 Å². The van der Waals surface area contributed by atoms with Gasteiger partial charge in [0.2, 0.25) is 0 Å². The third kappa shape index (κ3) is 4.84.